The first kappa shape index (κ1) is 14.3. The lowest BCUT2D eigenvalue weighted by Crippen LogP contribution is -2.70. The summed E-state index contributed by atoms with van der Waals surface area (Å²) in [4.78, 5) is 6.81. The van der Waals surface area contributed by atoms with E-state index in [1.54, 1.807) is 0 Å². The van der Waals surface area contributed by atoms with Gasteiger partial charge < -0.3 is 10.6 Å². The summed E-state index contributed by atoms with van der Waals surface area (Å²) in [7, 11) is 0. The highest BCUT2D eigenvalue weighted by atomic mass is 15.3. The summed E-state index contributed by atoms with van der Waals surface area (Å²) in [6.07, 6.45) is 3.72. The summed E-state index contributed by atoms with van der Waals surface area (Å²) >= 11 is 0. The molecular weight excluding hydrogens is 262 g/mol. The van der Waals surface area contributed by atoms with Crippen LogP contribution in [0.1, 0.15) is 40.3 Å². The Morgan fingerprint density at radius 2 is 1.95 bits per heavy atom. The lowest BCUT2D eigenvalue weighted by Gasteiger charge is -2.51. The van der Waals surface area contributed by atoms with Crippen LogP contribution < -0.4 is 10.6 Å². The molecule has 0 unspecified atom stereocenters. The molecule has 2 aromatic rings. The Labute approximate surface area is 126 Å². The average Bonchev–Trinajstić information content (AvgIpc) is 2.78. The van der Waals surface area contributed by atoms with Crippen LogP contribution in [0.4, 0.5) is 5.82 Å². The van der Waals surface area contributed by atoms with Crippen molar-refractivity contribution < 1.29 is 0 Å². The van der Waals surface area contributed by atoms with E-state index in [1.807, 2.05) is 16.9 Å². The van der Waals surface area contributed by atoms with Gasteiger partial charge in [0.1, 0.15) is 5.52 Å². The predicted octanol–water partition coefficient (Wildman–Crippen LogP) is 2.20. The van der Waals surface area contributed by atoms with Crippen LogP contribution in [0.5, 0.6) is 0 Å². The summed E-state index contributed by atoms with van der Waals surface area (Å²) in [5.74, 6) is 1.46. The number of fused-ring (bicyclic) bond motifs is 1. The van der Waals surface area contributed by atoms with Crippen molar-refractivity contribution >= 4 is 11.3 Å². The van der Waals surface area contributed by atoms with E-state index in [0.717, 1.165) is 30.1 Å². The van der Waals surface area contributed by atoms with Gasteiger partial charge in [0.05, 0.1) is 11.2 Å². The van der Waals surface area contributed by atoms with E-state index in [1.165, 1.54) is 0 Å². The van der Waals surface area contributed by atoms with Crippen LogP contribution >= 0.6 is 0 Å². The maximum Gasteiger partial charge on any atom is 0.154 e. The lowest BCUT2D eigenvalue weighted by molar-refractivity contribution is 0.244. The zero-order chi connectivity index (χ0) is 15.4. The first-order chi connectivity index (χ1) is 9.71. The Balaban J connectivity index is 1.96. The molecule has 0 amide bonds. The minimum absolute atomic E-state index is 0.0355. The number of aromatic nitrogens is 3. The molecule has 1 saturated heterocycles. The molecule has 5 nitrogen and oxygen atoms in total. The fraction of sp³-hybridized carbons (Fsp3) is 0.625. The van der Waals surface area contributed by atoms with Crippen molar-refractivity contribution in [2.45, 2.75) is 45.6 Å². The second kappa shape index (κ2) is 4.44. The molecule has 21 heavy (non-hydrogen) atoms. The Morgan fingerprint density at radius 1 is 1.29 bits per heavy atom. The Kier molecular flexibility index (Phi) is 3.03. The SMILES string of the molecule is CC(C)C1(N)CN(c2nccn3nc(C(C)(C)C)cc23)C1. The minimum Gasteiger partial charge on any atom is -0.351 e. The van der Waals surface area contributed by atoms with Gasteiger partial charge in [0.15, 0.2) is 5.82 Å². The first-order valence-electron chi connectivity index (χ1n) is 7.59. The van der Waals surface area contributed by atoms with Gasteiger partial charge in [0, 0.05) is 30.9 Å². The van der Waals surface area contributed by atoms with Crippen LogP contribution in [0.25, 0.3) is 5.52 Å². The molecule has 1 fully saturated rings. The van der Waals surface area contributed by atoms with Crippen LogP contribution in [0.2, 0.25) is 0 Å². The third kappa shape index (κ3) is 2.29. The Morgan fingerprint density at radius 3 is 2.52 bits per heavy atom. The summed E-state index contributed by atoms with van der Waals surface area (Å²) in [5, 5.41) is 4.68. The maximum absolute atomic E-state index is 6.40. The molecule has 114 valence electrons. The molecule has 0 radical (unpaired) electrons. The van der Waals surface area contributed by atoms with Crippen LogP contribution in [0, 0.1) is 5.92 Å². The van der Waals surface area contributed by atoms with E-state index >= 15 is 0 Å². The number of anilines is 1. The first-order valence-corrected chi connectivity index (χ1v) is 7.59. The number of nitrogens with zero attached hydrogens (tertiary/aromatic N) is 4. The van der Waals surface area contributed by atoms with E-state index in [-0.39, 0.29) is 11.0 Å². The lowest BCUT2D eigenvalue weighted by atomic mass is 9.80. The molecule has 0 spiro atoms. The van der Waals surface area contributed by atoms with Gasteiger partial charge in [-0.05, 0) is 12.0 Å². The van der Waals surface area contributed by atoms with Gasteiger partial charge in [-0.15, -0.1) is 0 Å². The molecule has 0 saturated carbocycles. The normalized spacial score (nSPS) is 18.3. The smallest absolute Gasteiger partial charge is 0.154 e. The maximum atomic E-state index is 6.40. The predicted molar refractivity (Wildman–Crippen MR) is 85.7 cm³/mol. The van der Waals surface area contributed by atoms with Gasteiger partial charge >= 0.3 is 0 Å². The van der Waals surface area contributed by atoms with Gasteiger partial charge in [-0.25, -0.2) is 9.50 Å². The van der Waals surface area contributed by atoms with Crippen molar-refractivity contribution in [3.05, 3.63) is 24.2 Å². The second-order valence-corrected chi connectivity index (χ2v) is 7.60. The standard InChI is InChI=1S/C16H25N5/c1-11(2)16(17)9-20(10-16)14-12-8-13(15(3,4)5)19-21(12)7-6-18-14/h6-8,11H,9-10,17H2,1-5H3. The zero-order valence-corrected chi connectivity index (χ0v) is 13.6. The summed E-state index contributed by atoms with van der Waals surface area (Å²) in [5.41, 5.74) is 8.49. The largest absolute Gasteiger partial charge is 0.351 e. The molecule has 1 aliphatic rings. The minimum atomic E-state index is -0.0958. The number of rotatable bonds is 2. The van der Waals surface area contributed by atoms with E-state index in [9.17, 15) is 0 Å². The van der Waals surface area contributed by atoms with E-state index in [0.29, 0.717) is 5.92 Å². The molecule has 2 aromatic heterocycles. The highest BCUT2D eigenvalue weighted by Crippen LogP contribution is 2.33. The van der Waals surface area contributed by atoms with Crippen molar-refractivity contribution in [1.82, 2.24) is 14.6 Å². The van der Waals surface area contributed by atoms with Crippen LogP contribution in [-0.4, -0.2) is 33.2 Å². The summed E-state index contributed by atoms with van der Waals surface area (Å²) < 4.78 is 1.93. The van der Waals surface area contributed by atoms with Crippen molar-refractivity contribution in [2.75, 3.05) is 18.0 Å². The fourth-order valence-electron chi connectivity index (χ4n) is 2.70. The quantitative estimate of drug-likeness (QED) is 0.920. The van der Waals surface area contributed by atoms with E-state index < -0.39 is 0 Å². The van der Waals surface area contributed by atoms with E-state index in [2.05, 4.69) is 55.7 Å². The molecule has 5 heteroatoms. The monoisotopic (exact) mass is 287 g/mol. The Bertz CT molecular complexity index is 659. The van der Waals surface area contributed by atoms with Crippen molar-refractivity contribution in [3.8, 4) is 0 Å². The van der Waals surface area contributed by atoms with Crippen LogP contribution in [-0.2, 0) is 5.41 Å². The molecular formula is C16H25N5. The summed E-state index contributed by atoms with van der Waals surface area (Å²) in [6.45, 7) is 12.6. The van der Waals surface area contributed by atoms with Crippen molar-refractivity contribution in [3.63, 3.8) is 0 Å². The zero-order valence-electron chi connectivity index (χ0n) is 13.6. The third-order valence-electron chi connectivity index (χ3n) is 4.56. The molecule has 3 rings (SSSR count). The van der Waals surface area contributed by atoms with E-state index in [4.69, 9.17) is 5.73 Å². The fourth-order valence-corrected chi connectivity index (χ4v) is 2.70. The topological polar surface area (TPSA) is 59.5 Å². The molecule has 0 atom stereocenters. The van der Waals surface area contributed by atoms with Gasteiger partial charge in [-0.2, -0.15) is 5.10 Å². The van der Waals surface area contributed by atoms with Gasteiger partial charge in [0.2, 0.25) is 0 Å². The molecule has 0 aromatic carbocycles. The van der Waals surface area contributed by atoms with Crippen molar-refractivity contribution in [1.29, 1.82) is 0 Å². The highest BCUT2D eigenvalue weighted by Gasteiger charge is 2.43. The number of nitrogens with two attached hydrogens (primary N) is 1. The van der Waals surface area contributed by atoms with Crippen LogP contribution in [0.15, 0.2) is 18.5 Å². The third-order valence-corrected chi connectivity index (χ3v) is 4.56. The van der Waals surface area contributed by atoms with Gasteiger partial charge in [-0.3, -0.25) is 0 Å². The number of hydrogen-bond donors (Lipinski definition) is 1. The van der Waals surface area contributed by atoms with Gasteiger partial charge in [0.25, 0.3) is 0 Å². The molecule has 3 heterocycles. The van der Waals surface area contributed by atoms with Crippen LogP contribution in [0.3, 0.4) is 0 Å². The average molecular weight is 287 g/mol. The molecule has 0 bridgehead atoms. The number of hydrogen-bond acceptors (Lipinski definition) is 4. The Hall–Kier alpha value is -1.62. The molecule has 1 aliphatic heterocycles. The molecule has 2 N–H and O–H groups in total. The molecule has 0 aliphatic carbocycles. The second-order valence-electron chi connectivity index (χ2n) is 7.60. The highest BCUT2D eigenvalue weighted by molar-refractivity contribution is 5.71. The van der Waals surface area contributed by atoms with Gasteiger partial charge in [-0.1, -0.05) is 34.6 Å². The summed E-state index contributed by atoms with van der Waals surface area (Å²) in [6, 6.07) is 2.15. The van der Waals surface area contributed by atoms with Crippen molar-refractivity contribution in [2.24, 2.45) is 11.7 Å².